The van der Waals surface area contributed by atoms with E-state index in [-0.39, 0.29) is 0 Å². The van der Waals surface area contributed by atoms with E-state index in [2.05, 4.69) is 30.4 Å². The number of aryl methyl sites for hydroxylation is 1. The summed E-state index contributed by atoms with van der Waals surface area (Å²) in [5.41, 5.74) is 7.80. The molecule has 3 N–H and O–H groups in total. The number of rotatable bonds is 5. The molecule has 2 heterocycles. The second kappa shape index (κ2) is 7.17. The highest BCUT2D eigenvalue weighted by Gasteiger charge is 2.12. The van der Waals surface area contributed by atoms with Gasteiger partial charge in [0.2, 0.25) is 5.91 Å². The largest absolute Gasteiger partial charge is 0.366 e. The lowest BCUT2D eigenvalue weighted by atomic mass is 10.1. The summed E-state index contributed by atoms with van der Waals surface area (Å²) in [6.07, 6.45) is 0.670. The number of nitrogens with zero attached hydrogens (tertiary/aromatic N) is 2. The fourth-order valence-corrected chi connectivity index (χ4v) is 3.79. The zero-order chi connectivity index (χ0) is 18.8. The number of aromatic nitrogens is 2. The Balaban J connectivity index is 1.70. The number of anilines is 2. The van der Waals surface area contributed by atoms with Crippen molar-refractivity contribution in [3.05, 3.63) is 82.5 Å². The lowest BCUT2D eigenvalue weighted by Crippen LogP contribution is -2.10. The van der Waals surface area contributed by atoms with Gasteiger partial charge in [-0.15, -0.1) is 11.3 Å². The molecule has 0 fully saturated rings. The number of fused-ring (bicyclic) bond motifs is 1. The fraction of sp³-hybridized carbons (Fsp3) is 0.0952. The first kappa shape index (κ1) is 17.2. The molecule has 2 aromatic carbocycles. The van der Waals surface area contributed by atoms with Crippen molar-refractivity contribution in [2.75, 3.05) is 5.32 Å². The monoisotopic (exact) mass is 374 g/mol. The van der Waals surface area contributed by atoms with Gasteiger partial charge in [-0.2, -0.15) is 0 Å². The molecule has 0 saturated heterocycles. The first-order valence-corrected chi connectivity index (χ1v) is 9.38. The van der Waals surface area contributed by atoms with E-state index in [0.29, 0.717) is 12.0 Å². The lowest BCUT2D eigenvalue weighted by Gasteiger charge is -2.09. The Bertz CT molecular complexity index is 1100. The van der Waals surface area contributed by atoms with Gasteiger partial charge < -0.3 is 11.1 Å². The zero-order valence-corrected chi connectivity index (χ0v) is 15.6. The molecule has 0 unspecified atom stereocenters. The van der Waals surface area contributed by atoms with Crippen molar-refractivity contribution in [2.45, 2.75) is 13.3 Å². The number of carbonyl (C=O) groups is 1. The smallest absolute Gasteiger partial charge is 0.248 e. The Hall–Kier alpha value is -3.25. The molecule has 0 saturated carbocycles. The van der Waals surface area contributed by atoms with Crippen LogP contribution < -0.4 is 11.1 Å². The van der Waals surface area contributed by atoms with Gasteiger partial charge in [0, 0.05) is 22.5 Å². The minimum atomic E-state index is -0.440. The predicted molar refractivity (Wildman–Crippen MR) is 110 cm³/mol. The van der Waals surface area contributed by atoms with Gasteiger partial charge in [0.25, 0.3) is 0 Å². The lowest BCUT2D eigenvalue weighted by molar-refractivity contribution is 0.100. The summed E-state index contributed by atoms with van der Waals surface area (Å²) in [4.78, 5) is 22.9. The number of nitrogens with one attached hydrogen (secondary N) is 1. The van der Waals surface area contributed by atoms with E-state index in [1.807, 2.05) is 30.3 Å². The predicted octanol–water partition coefficient (Wildman–Crippen LogP) is 4.43. The number of thiophene rings is 1. The van der Waals surface area contributed by atoms with Gasteiger partial charge in [0.1, 0.15) is 16.5 Å². The number of carbonyl (C=O) groups excluding carboxylic acids is 1. The Kier molecular flexibility index (Phi) is 4.56. The average Bonchev–Trinajstić information content (AvgIpc) is 3.03. The summed E-state index contributed by atoms with van der Waals surface area (Å²) in [6, 6.07) is 19.3. The number of nitrogens with two attached hydrogens (primary N) is 1. The van der Waals surface area contributed by atoms with E-state index in [1.165, 1.54) is 10.4 Å². The number of hydrogen-bond acceptors (Lipinski definition) is 5. The Morgan fingerprint density at radius 3 is 2.52 bits per heavy atom. The van der Waals surface area contributed by atoms with Crippen LogP contribution in [0.1, 0.15) is 26.6 Å². The Labute approximate surface area is 160 Å². The quantitative estimate of drug-likeness (QED) is 0.541. The highest BCUT2D eigenvalue weighted by atomic mass is 32.1. The van der Waals surface area contributed by atoms with Gasteiger partial charge in [-0.25, -0.2) is 9.97 Å². The molecular weight excluding hydrogens is 356 g/mol. The van der Waals surface area contributed by atoms with Crippen molar-refractivity contribution in [3.8, 4) is 0 Å². The van der Waals surface area contributed by atoms with Crippen LogP contribution in [0, 0.1) is 6.92 Å². The minimum Gasteiger partial charge on any atom is -0.366 e. The molecule has 6 heteroatoms. The SMILES string of the molecule is Cc1cc2c(Nc3ccc(C(N)=O)cc3)nc(Cc3ccccc3)nc2s1. The van der Waals surface area contributed by atoms with Gasteiger partial charge in [-0.1, -0.05) is 30.3 Å². The molecule has 1 amide bonds. The van der Waals surface area contributed by atoms with Crippen molar-refractivity contribution in [1.29, 1.82) is 0 Å². The first-order valence-electron chi connectivity index (χ1n) is 8.56. The topological polar surface area (TPSA) is 80.9 Å². The van der Waals surface area contributed by atoms with Gasteiger partial charge in [0.15, 0.2) is 0 Å². The van der Waals surface area contributed by atoms with Gasteiger partial charge in [-0.05, 0) is 42.8 Å². The molecule has 4 aromatic rings. The fourth-order valence-electron chi connectivity index (χ4n) is 2.89. The molecule has 0 spiro atoms. The van der Waals surface area contributed by atoms with Crippen molar-refractivity contribution in [3.63, 3.8) is 0 Å². The number of primary amides is 1. The van der Waals surface area contributed by atoms with Crippen LogP contribution in [0.25, 0.3) is 10.2 Å². The van der Waals surface area contributed by atoms with Crippen LogP contribution in [0.5, 0.6) is 0 Å². The summed E-state index contributed by atoms with van der Waals surface area (Å²) in [7, 11) is 0. The molecule has 0 aliphatic heterocycles. The van der Waals surface area contributed by atoms with Crippen LogP contribution >= 0.6 is 11.3 Å². The highest BCUT2D eigenvalue weighted by molar-refractivity contribution is 7.18. The van der Waals surface area contributed by atoms with Gasteiger partial charge in [0.05, 0.1) is 5.39 Å². The minimum absolute atomic E-state index is 0.440. The van der Waals surface area contributed by atoms with Crippen LogP contribution in [0.15, 0.2) is 60.7 Å². The summed E-state index contributed by atoms with van der Waals surface area (Å²) < 4.78 is 0. The molecule has 5 nitrogen and oxygen atoms in total. The molecule has 2 aromatic heterocycles. The van der Waals surface area contributed by atoms with Gasteiger partial charge in [-0.3, -0.25) is 4.79 Å². The molecule has 0 radical (unpaired) electrons. The van der Waals surface area contributed by atoms with Crippen molar-refractivity contribution in [2.24, 2.45) is 5.73 Å². The molecule has 4 rings (SSSR count). The van der Waals surface area contributed by atoms with E-state index in [4.69, 9.17) is 15.7 Å². The first-order chi connectivity index (χ1) is 13.1. The molecule has 0 bridgehead atoms. The molecule has 27 heavy (non-hydrogen) atoms. The number of amides is 1. The average molecular weight is 374 g/mol. The van der Waals surface area contributed by atoms with Crippen LogP contribution in [0.2, 0.25) is 0 Å². The summed E-state index contributed by atoms with van der Waals surface area (Å²) in [6.45, 7) is 2.06. The summed E-state index contributed by atoms with van der Waals surface area (Å²) in [5, 5.41) is 4.35. The van der Waals surface area contributed by atoms with Crippen molar-refractivity contribution in [1.82, 2.24) is 9.97 Å². The maximum absolute atomic E-state index is 11.2. The molecule has 0 aliphatic rings. The molecule has 0 aliphatic carbocycles. The Morgan fingerprint density at radius 2 is 1.81 bits per heavy atom. The number of hydrogen-bond donors (Lipinski definition) is 2. The van der Waals surface area contributed by atoms with Crippen molar-refractivity contribution >= 4 is 39.0 Å². The molecule has 0 atom stereocenters. The third kappa shape index (κ3) is 3.80. The second-order valence-electron chi connectivity index (χ2n) is 6.29. The maximum atomic E-state index is 11.2. The molecule has 134 valence electrons. The third-order valence-corrected chi connectivity index (χ3v) is 5.14. The molecular formula is C21H18N4OS. The van der Waals surface area contributed by atoms with Crippen LogP contribution in [0.4, 0.5) is 11.5 Å². The van der Waals surface area contributed by atoms with E-state index < -0.39 is 5.91 Å². The zero-order valence-electron chi connectivity index (χ0n) is 14.8. The summed E-state index contributed by atoms with van der Waals surface area (Å²) >= 11 is 1.66. The normalized spacial score (nSPS) is 10.9. The van der Waals surface area contributed by atoms with Crippen LogP contribution in [-0.4, -0.2) is 15.9 Å². The van der Waals surface area contributed by atoms with E-state index in [1.54, 1.807) is 23.5 Å². The highest BCUT2D eigenvalue weighted by Crippen LogP contribution is 2.30. The standard InChI is InChI=1S/C21H18N4OS/c1-13-11-17-20(23-16-9-7-15(8-10-16)19(22)26)24-18(25-21(17)27-13)12-14-5-3-2-4-6-14/h2-11H,12H2,1H3,(H2,22,26)(H,23,24,25). The van der Waals surface area contributed by atoms with E-state index in [9.17, 15) is 4.79 Å². The van der Waals surface area contributed by atoms with Crippen LogP contribution in [0.3, 0.4) is 0 Å². The Morgan fingerprint density at radius 1 is 1.07 bits per heavy atom. The van der Waals surface area contributed by atoms with Crippen LogP contribution in [-0.2, 0) is 6.42 Å². The third-order valence-electron chi connectivity index (χ3n) is 4.20. The van der Waals surface area contributed by atoms with E-state index >= 15 is 0 Å². The maximum Gasteiger partial charge on any atom is 0.248 e. The second-order valence-corrected chi connectivity index (χ2v) is 7.53. The van der Waals surface area contributed by atoms with Gasteiger partial charge >= 0.3 is 0 Å². The van der Waals surface area contributed by atoms with Crippen molar-refractivity contribution < 1.29 is 4.79 Å². The summed E-state index contributed by atoms with van der Waals surface area (Å²) in [5.74, 6) is 1.10. The van der Waals surface area contributed by atoms with E-state index in [0.717, 1.165) is 27.5 Å². The number of benzene rings is 2.